The van der Waals surface area contributed by atoms with Crippen LogP contribution in [-0.2, 0) is 33.5 Å². The number of amides is 1. The molecule has 9 heteroatoms. The first-order chi connectivity index (χ1) is 18.8. The molecule has 2 aromatic rings. The maximum atomic E-state index is 14.9. The minimum atomic E-state index is -5.06. The zero-order valence-corrected chi connectivity index (χ0v) is 22.6. The number of aliphatic carboxylic acids is 1. The molecule has 1 saturated heterocycles. The second-order valence-corrected chi connectivity index (χ2v) is 12.0. The molecule has 40 heavy (non-hydrogen) atoms. The average Bonchev–Trinajstić information content (AvgIpc) is 3.20. The molecule has 216 valence electrons. The SMILES string of the molecule is C[C@H]1CN(C(=O)C2CCC(C(=O)O)CC2)C2CCc3cc(C(C)(F)C(F)(F)F)ccc3C21Cc1ccc(F)cc1. The van der Waals surface area contributed by atoms with Crippen LogP contribution in [0.2, 0.25) is 0 Å². The zero-order valence-electron chi connectivity index (χ0n) is 22.6. The van der Waals surface area contributed by atoms with Crippen molar-refractivity contribution in [2.45, 2.75) is 82.1 Å². The molecule has 1 N–H and O–H groups in total. The Labute approximate surface area is 230 Å². The lowest BCUT2D eigenvalue weighted by atomic mass is 9.60. The molecule has 3 aliphatic rings. The highest BCUT2D eigenvalue weighted by molar-refractivity contribution is 5.81. The number of fused-ring (bicyclic) bond motifs is 3. The van der Waals surface area contributed by atoms with E-state index in [0.717, 1.165) is 11.1 Å². The van der Waals surface area contributed by atoms with Crippen molar-refractivity contribution in [1.82, 2.24) is 4.90 Å². The molecule has 5 rings (SSSR count). The number of carbonyl (C=O) groups excluding carboxylic acids is 1. The van der Waals surface area contributed by atoms with Gasteiger partial charge in [0.25, 0.3) is 0 Å². The van der Waals surface area contributed by atoms with Gasteiger partial charge in [-0.3, -0.25) is 9.59 Å². The number of rotatable bonds is 5. The molecule has 2 aromatic carbocycles. The molecular formula is C31H34F5NO3. The van der Waals surface area contributed by atoms with Crippen LogP contribution in [0.25, 0.3) is 0 Å². The quantitative estimate of drug-likeness (QED) is 0.410. The molecule has 0 spiro atoms. The van der Waals surface area contributed by atoms with Crippen LogP contribution in [0, 0.1) is 23.6 Å². The van der Waals surface area contributed by atoms with Gasteiger partial charge >= 0.3 is 12.1 Å². The Kier molecular flexibility index (Phi) is 7.24. The Morgan fingerprint density at radius 1 is 0.975 bits per heavy atom. The number of nitrogens with zero attached hydrogens (tertiary/aromatic N) is 1. The smallest absolute Gasteiger partial charge is 0.426 e. The van der Waals surface area contributed by atoms with E-state index in [1.807, 2.05) is 11.8 Å². The maximum Gasteiger partial charge on any atom is 0.426 e. The summed E-state index contributed by atoms with van der Waals surface area (Å²) >= 11 is 0. The molecule has 1 saturated carbocycles. The molecule has 3 unspecified atom stereocenters. The molecule has 0 bridgehead atoms. The highest BCUT2D eigenvalue weighted by Gasteiger charge is 2.58. The van der Waals surface area contributed by atoms with E-state index in [2.05, 4.69) is 0 Å². The van der Waals surface area contributed by atoms with E-state index in [9.17, 15) is 36.6 Å². The van der Waals surface area contributed by atoms with Crippen molar-refractivity contribution in [3.63, 3.8) is 0 Å². The summed E-state index contributed by atoms with van der Waals surface area (Å²) in [5.41, 5.74) is -2.29. The van der Waals surface area contributed by atoms with Crippen LogP contribution in [0.5, 0.6) is 0 Å². The van der Waals surface area contributed by atoms with E-state index in [1.54, 1.807) is 18.2 Å². The van der Waals surface area contributed by atoms with Gasteiger partial charge in [-0.2, -0.15) is 13.2 Å². The van der Waals surface area contributed by atoms with Crippen LogP contribution in [0.4, 0.5) is 22.0 Å². The number of aryl methyl sites for hydroxylation is 1. The summed E-state index contributed by atoms with van der Waals surface area (Å²) in [6.07, 6.45) is -1.79. The molecule has 0 radical (unpaired) electrons. The van der Waals surface area contributed by atoms with Gasteiger partial charge in [0.05, 0.1) is 5.92 Å². The van der Waals surface area contributed by atoms with Crippen LogP contribution in [0.15, 0.2) is 42.5 Å². The third-order valence-corrected chi connectivity index (χ3v) is 9.81. The topological polar surface area (TPSA) is 57.6 Å². The summed E-state index contributed by atoms with van der Waals surface area (Å²) in [6, 6.07) is 10.0. The van der Waals surface area contributed by atoms with E-state index in [4.69, 9.17) is 0 Å². The molecule has 1 amide bonds. The lowest BCUT2D eigenvalue weighted by Gasteiger charge is -2.46. The minimum Gasteiger partial charge on any atom is -0.481 e. The fourth-order valence-electron chi connectivity index (χ4n) is 7.45. The zero-order chi connectivity index (χ0) is 29.0. The number of alkyl halides is 4. The van der Waals surface area contributed by atoms with Crippen molar-refractivity contribution in [3.8, 4) is 0 Å². The molecule has 2 aliphatic carbocycles. The minimum absolute atomic E-state index is 0.00450. The summed E-state index contributed by atoms with van der Waals surface area (Å²) < 4.78 is 69.2. The van der Waals surface area contributed by atoms with Crippen molar-refractivity contribution in [3.05, 3.63) is 70.5 Å². The van der Waals surface area contributed by atoms with Gasteiger partial charge in [-0.25, -0.2) is 8.78 Å². The fourth-order valence-corrected chi connectivity index (χ4v) is 7.45. The largest absolute Gasteiger partial charge is 0.481 e. The van der Waals surface area contributed by atoms with Crippen molar-refractivity contribution >= 4 is 11.9 Å². The van der Waals surface area contributed by atoms with Gasteiger partial charge in [-0.15, -0.1) is 0 Å². The molecular weight excluding hydrogens is 529 g/mol. The highest BCUT2D eigenvalue weighted by atomic mass is 19.4. The average molecular weight is 564 g/mol. The lowest BCUT2D eigenvalue weighted by molar-refractivity contribution is -0.228. The van der Waals surface area contributed by atoms with Crippen molar-refractivity contribution < 1.29 is 36.6 Å². The maximum absolute atomic E-state index is 14.9. The van der Waals surface area contributed by atoms with E-state index in [0.29, 0.717) is 64.0 Å². The third-order valence-electron chi connectivity index (χ3n) is 9.81. The molecule has 1 heterocycles. The number of hydrogen-bond acceptors (Lipinski definition) is 2. The number of hydrogen-bond donors (Lipinski definition) is 1. The monoisotopic (exact) mass is 563 g/mol. The Morgan fingerprint density at radius 2 is 1.60 bits per heavy atom. The Bertz CT molecular complexity index is 1280. The van der Waals surface area contributed by atoms with Crippen molar-refractivity contribution in [1.29, 1.82) is 0 Å². The molecule has 4 atom stereocenters. The number of carboxylic acids is 1. The summed E-state index contributed by atoms with van der Waals surface area (Å²) in [4.78, 5) is 27.2. The second kappa shape index (κ2) is 10.1. The first-order valence-electron chi connectivity index (χ1n) is 13.9. The van der Waals surface area contributed by atoms with Gasteiger partial charge in [0.2, 0.25) is 11.6 Å². The normalized spacial score (nSPS) is 29.8. The van der Waals surface area contributed by atoms with Crippen molar-refractivity contribution in [2.75, 3.05) is 6.54 Å². The molecule has 2 fully saturated rings. The van der Waals surface area contributed by atoms with Crippen molar-refractivity contribution in [2.24, 2.45) is 17.8 Å². The number of halogens is 5. The van der Waals surface area contributed by atoms with Crippen LogP contribution in [0.3, 0.4) is 0 Å². The van der Waals surface area contributed by atoms with E-state index >= 15 is 0 Å². The molecule has 4 nitrogen and oxygen atoms in total. The van der Waals surface area contributed by atoms with Crippen LogP contribution in [0.1, 0.15) is 68.2 Å². The number of benzene rings is 2. The Morgan fingerprint density at radius 3 is 2.20 bits per heavy atom. The molecule has 1 aliphatic heterocycles. The van der Waals surface area contributed by atoms with E-state index in [1.165, 1.54) is 24.3 Å². The highest BCUT2D eigenvalue weighted by Crippen LogP contribution is 2.54. The summed E-state index contributed by atoms with van der Waals surface area (Å²) in [7, 11) is 0. The fraction of sp³-hybridized carbons (Fsp3) is 0.548. The first-order valence-corrected chi connectivity index (χ1v) is 13.9. The molecule has 0 aromatic heterocycles. The van der Waals surface area contributed by atoms with Gasteiger partial charge in [0, 0.05) is 23.9 Å². The van der Waals surface area contributed by atoms with Crippen LogP contribution in [-0.4, -0.2) is 40.6 Å². The van der Waals surface area contributed by atoms with Gasteiger partial charge in [0.1, 0.15) is 5.82 Å². The van der Waals surface area contributed by atoms with Gasteiger partial charge in [-0.05, 0) is 92.2 Å². The predicted octanol–water partition coefficient (Wildman–Crippen LogP) is 6.74. The van der Waals surface area contributed by atoms with Crippen LogP contribution >= 0.6 is 0 Å². The van der Waals surface area contributed by atoms with Gasteiger partial charge < -0.3 is 10.0 Å². The standard InChI is InChI=1S/C31H34F5NO3/c1-18-17-37(27(38)20-5-7-21(8-6-20)28(39)40)26-14-9-22-15-23(29(2,33)31(34,35)36)10-13-25(22)30(18,26)16-19-3-11-24(32)12-4-19/h3-4,10-13,15,18,20-21,26H,5-9,14,16-17H2,1-2H3,(H,39,40)/t18-,20?,21?,26?,29?,30?/m0/s1. The summed E-state index contributed by atoms with van der Waals surface area (Å²) in [5.74, 6) is -2.01. The van der Waals surface area contributed by atoms with E-state index < -0.39 is 34.7 Å². The number of carboxylic acid groups (broad SMARTS) is 1. The second-order valence-electron chi connectivity index (χ2n) is 12.0. The summed E-state index contributed by atoms with van der Waals surface area (Å²) in [6.45, 7) is 3.02. The lowest BCUT2D eigenvalue weighted by Crippen LogP contribution is -2.52. The third kappa shape index (κ3) is 4.69. The first kappa shape index (κ1) is 28.6. The Balaban J connectivity index is 1.53. The predicted molar refractivity (Wildman–Crippen MR) is 139 cm³/mol. The van der Waals surface area contributed by atoms with Gasteiger partial charge in [0.15, 0.2) is 0 Å². The number of carbonyl (C=O) groups is 2. The van der Waals surface area contributed by atoms with Crippen LogP contribution < -0.4 is 0 Å². The summed E-state index contributed by atoms with van der Waals surface area (Å²) in [5, 5.41) is 9.36. The Hall–Kier alpha value is -2.97. The number of likely N-dealkylation sites (tertiary alicyclic amines) is 1. The van der Waals surface area contributed by atoms with Gasteiger partial charge in [-0.1, -0.05) is 37.3 Å². The van der Waals surface area contributed by atoms with E-state index in [-0.39, 0.29) is 29.6 Å².